The van der Waals surface area contributed by atoms with Crippen LogP contribution in [0.15, 0.2) is 23.4 Å². The fraction of sp³-hybridized carbons (Fsp3) is 0.500. The van der Waals surface area contributed by atoms with Crippen molar-refractivity contribution in [3.05, 3.63) is 34.2 Å². The topological polar surface area (TPSA) is 49.7 Å². The van der Waals surface area contributed by atoms with Gasteiger partial charge < -0.3 is 0 Å². The summed E-state index contributed by atoms with van der Waals surface area (Å²) < 4.78 is 0. The zero-order valence-electron chi connectivity index (χ0n) is 10.2. The lowest BCUT2D eigenvalue weighted by molar-refractivity contribution is 0.112. The molecule has 0 radical (unpaired) electrons. The van der Waals surface area contributed by atoms with Crippen LogP contribution in [-0.4, -0.2) is 23.3 Å². The van der Waals surface area contributed by atoms with Gasteiger partial charge in [0.2, 0.25) is 0 Å². The van der Waals surface area contributed by atoms with Crippen LogP contribution in [0.2, 0.25) is 0 Å². The number of carbonyl (C=O) groups excluding carboxylic acids is 1. The minimum Gasteiger partial charge on any atom is -0.298 e. The first-order chi connectivity index (χ1) is 8.81. The standard InChI is InChI=1S/C14H16N2O2/c17-9-11-7-10(1-6-14(11)15-18)8-16-12-2-3-13(16)5-4-12/h1,6-7,9,12-13H,2-5,8H2. The molecule has 1 aromatic carbocycles. The molecule has 0 aromatic heterocycles. The highest BCUT2D eigenvalue weighted by molar-refractivity contribution is 5.83. The maximum atomic E-state index is 10.9. The molecule has 2 aliphatic rings. The Morgan fingerprint density at radius 1 is 1.22 bits per heavy atom. The zero-order valence-corrected chi connectivity index (χ0v) is 10.2. The number of carbonyl (C=O) groups is 1. The Balaban J connectivity index is 1.81. The molecule has 2 saturated heterocycles. The number of benzene rings is 1. The van der Waals surface area contributed by atoms with E-state index in [1.54, 1.807) is 12.1 Å². The predicted molar refractivity (Wildman–Crippen MR) is 68.9 cm³/mol. The van der Waals surface area contributed by atoms with Gasteiger partial charge in [0.25, 0.3) is 0 Å². The Labute approximate surface area is 106 Å². The van der Waals surface area contributed by atoms with Crippen LogP contribution in [0, 0.1) is 4.91 Å². The van der Waals surface area contributed by atoms with Crippen molar-refractivity contribution in [2.45, 2.75) is 44.3 Å². The molecule has 0 aliphatic carbocycles. The molecule has 4 nitrogen and oxygen atoms in total. The third-order valence-electron chi connectivity index (χ3n) is 4.29. The van der Waals surface area contributed by atoms with Gasteiger partial charge in [0.05, 0.1) is 0 Å². The Morgan fingerprint density at radius 2 is 1.89 bits per heavy atom. The molecule has 0 atom stereocenters. The van der Waals surface area contributed by atoms with E-state index in [4.69, 9.17) is 0 Å². The van der Waals surface area contributed by atoms with Crippen molar-refractivity contribution in [3.8, 4) is 0 Å². The third kappa shape index (κ3) is 1.86. The first-order valence-electron chi connectivity index (χ1n) is 6.49. The zero-order chi connectivity index (χ0) is 12.5. The van der Waals surface area contributed by atoms with Crippen LogP contribution in [0.5, 0.6) is 0 Å². The molecule has 4 heteroatoms. The number of rotatable bonds is 4. The molecule has 0 spiro atoms. The average molecular weight is 244 g/mol. The SMILES string of the molecule is O=Cc1cc(CN2C3CCC2CC3)ccc1N=O. The fourth-order valence-corrected chi connectivity index (χ4v) is 3.37. The Kier molecular flexibility index (Phi) is 2.96. The second-order valence-electron chi connectivity index (χ2n) is 5.24. The van der Waals surface area contributed by atoms with E-state index < -0.39 is 0 Å². The van der Waals surface area contributed by atoms with Crippen LogP contribution in [0.25, 0.3) is 0 Å². The van der Waals surface area contributed by atoms with Crippen LogP contribution in [0.3, 0.4) is 0 Å². The van der Waals surface area contributed by atoms with Gasteiger partial charge in [-0.25, -0.2) is 0 Å². The number of fused-ring (bicyclic) bond motifs is 2. The average Bonchev–Trinajstić information content (AvgIpc) is 2.98. The van der Waals surface area contributed by atoms with Crippen molar-refractivity contribution in [3.63, 3.8) is 0 Å². The quantitative estimate of drug-likeness (QED) is 0.604. The summed E-state index contributed by atoms with van der Waals surface area (Å²) in [4.78, 5) is 24.0. The van der Waals surface area contributed by atoms with Crippen molar-refractivity contribution in [2.24, 2.45) is 5.18 Å². The van der Waals surface area contributed by atoms with Gasteiger partial charge in [0.1, 0.15) is 5.69 Å². The molecule has 0 amide bonds. The van der Waals surface area contributed by atoms with Crippen LogP contribution in [-0.2, 0) is 6.54 Å². The first-order valence-corrected chi connectivity index (χ1v) is 6.49. The molecular weight excluding hydrogens is 228 g/mol. The van der Waals surface area contributed by atoms with Crippen molar-refractivity contribution in [1.82, 2.24) is 4.90 Å². The van der Waals surface area contributed by atoms with Crippen molar-refractivity contribution < 1.29 is 4.79 Å². The van der Waals surface area contributed by atoms with Gasteiger partial charge in [-0.1, -0.05) is 6.07 Å². The Morgan fingerprint density at radius 3 is 2.44 bits per heavy atom. The summed E-state index contributed by atoms with van der Waals surface area (Å²) in [6.45, 7) is 0.884. The van der Waals surface area contributed by atoms with E-state index in [9.17, 15) is 9.70 Å². The van der Waals surface area contributed by atoms with Crippen molar-refractivity contribution in [2.75, 3.05) is 0 Å². The van der Waals surface area contributed by atoms with E-state index in [0.717, 1.165) is 24.2 Å². The Hall–Kier alpha value is -1.55. The summed E-state index contributed by atoms with van der Waals surface area (Å²) in [5.41, 5.74) is 1.73. The summed E-state index contributed by atoms with van der Waals surface area (Å²) in [6.07, 6.45) is 5.93. The van der Waals surface area contributed by atoms with E-state index in [-0.39, 0.29) is 5.69 Å². The molecule has 2 aliphatic heterocycles. The normalized spacial score (nSPS) is 26.4. The maximum absolute atomic E-state index is 10.9. The second-order valence-corrected chi connectivity index (χ2v) is 5.24. The predicted octanol–water partition coefficient (Wildman–Crippen LogP) is 3.02. The fourth-order valence-electron chi connectivity index (χ4n) is 3.37. The van der Waals surface area contributed by atoms with Gasteiger partial charge in [-0.05, 0) is 48.6 Å². The summed E-state index contributed by atoms with van der Waals surface area (Å²) in [7, 11) is 0. The van der Waals surface area contributed by atoms with Crippen molar-refractivity contribution in [1.29, 1.82) is 0 Å². The lowest BCUT2D eigenvalue weighted by Crippen LogP contribution is -2.27. The molecule has 18 heavy (non-hydrogen) atoms. The minimum absolute atomic E-state index is 0.234. The molecule has 1 aromatic rings. The first kappa shape index (κ1) is 11.5. The number of nitroso groups, excluding NO2 is 1. The van der Waals surface area contributed by atoms with Crippen LogP contribution in [0.1, 0.15) is 41.6 Å². The molecular formula is C14H16N2O2. The molecule has 94 valence electrons. The van der Waals surface area contributed by atoms with E-state index in [2.05, 4.69) is 10.1 Å². The molecule has 2 heterocycles. The largest absolute Gasteiger partial charge is 0.298 e. The van der Waals surface area contributed by atoms with Crippen LogP contribution < -0.4 is 0 Å². The highest BCUT2D eigenvalue weighted by Crippen LogP contribution is 2.38. The molecule has 0 N–H and O–H groups in total. The van der Waals surface area contributed by atoms with E-state index in [0.29, 0.717) is 11.8 Å². The van der Waals surface area contributed by atoms with Gasteiger partial charge in [0.15, 0.2) is 6.29 Å². The molecule has 3 rings (SSSR count). The highest BCUT2D eigenvalue weighted by atomic mass is 16.3. The molecule has 0 saturated carbocycles. The van der Waals surface area contributed by atoms with Gasteiger partial charge in [-0.3, -0.25) is 9.69 Å². The minimum atomic E-state index is 0.234. The lowest BCUT2D eigenvalue weighted by atomic mass is 10.0. The van der Waals surface area contributed by atoms with E-state index in [1.165, 1.54) is 25.7 Å². The Bertz CT molecular complexity index is 467. The van der Waals surface area contributed by atoms with Crippen LogP contribution >= 0.6 is 0 Å². The monoisotopic (exact) mass is 244 g/mol. The summed E-state index contributed by atoms with van der Waals surface area (Å²) in [5, 5.41) is 2.86. The van der Waals surface area contributed by atoms with Crippen LogP contribution in [0.4, 0.5) is 5.69 Å². The summed E-state index contributed by atoms with van der Waals surface area (Å²) in [6, 6.07) is 6.78. The lowest BCUT2D eigenvalue weighted by Gasteiger charge is -2.21. The number of hydrogen-bond acceptors (Lipinski definition) is 4. The maximum Gasteiger partial charge on any atom is 0.152 e. The summed E-state index contributed by atoms with van der Waals surface area (Å²) in [5.74, 6) is 0. The molecule has 2 fully saturated rings. The van der Waals surface area contributed by atoms with Gasteiger partial charge in [0, 0.05) is 24.2 Å². The highest BCUT2D eigenvalue weighted by Gasteiger charge is 2.38. The molecule has 0 unspecified atom stereocenters. The third-order valence-corrected chi connectivity index (χ3v) is 4.29. The van der Waals surface area contributed by atoms with Gasteiger partial charge >= 0.3 is 0 Å². The van der Waals surface area contributed by atoms with E-state index >= 15 is 0 Å². The van der Waals surface area contributed by atoms with Gasteiger partial charge in [-0.2, -0.15) is 0 Å². The number of hydrogen-bond donors (Lipinski definition) is 0. The second kappa shape index (κ2) is 4.61. The smallest absolute Gasteiger partial charge is 0.152 e. The number of aldehydes is 1. The van der Waals surface area contributed by atoms with Crippen molar-refractivity contribution >= 4 is 12.0 Å². The summed E-state index contributed by atoms with van der Waals surface area (Å²) >= 11 is 0. The van der Waals surface area contributed by atoms with E-state index in [1.807, 2.05) is 6.07 Å². The number of nitrogens with zero attached hydrogens (tertiary/aromatic N) is 2. The van der Waals surface area contributed by atoms with Gasteiger partial charge in [-0.15, -0.1) is 4.91 Å². The molecule has 2 bridgehead atoms.